The van der Waals surface area contributed by atoms with E-state index in [0.717, 1.165) is 0 Å². The Balaban J connectivity index is 0.000000359. The lowest BCUT2D eigenvalue weighted by molar-refractivity contribution is -0.765. The Kier molecular flexibility index (Phi) is 7.03. The number of carbonyl (C=O) groups excluding carboxylic acids is 1. The summed E-state index contributed by atoms with van der Waals surface area (Å²) in [6, 6.07) is 3.11. The van der Waals surface area contributed by atoms with Crippen molar-refractivity contribution in [1.82, 2.24) is 0 Å². The second-order valence-electron chi connectivity index (χ2n) is 5.03. The molecule has 1 aromatic rings. The molecule has 1 aliphatic heterocycles. The van der Waals surface area contributed by atoms with E-state index in [2.05, 4.69) is 0 Å². The van der Waals surface area contributed by atoms with Crippen LogP contribution in [-0.2, 0) is 14.9 Å². The van der Waals surface area contributed by atoms with Gasteiger partial charge in [0.25, 0.3) is 12.1 Å². The Labute approximate surface area is 145 Å². The summed E-state index contributed by atoms with van der Waals surface area (Å²) < 4.78 is 65.7. The van der Waals surface area contributed by atoms with E-state index in [1.54, 1.807) is 12.3 Å². The molecule has 0 aliphatic carbocycles. The molecule has 4 atom stereocenters. The average Bonchev–Trinajstić information content (AvgIpc) is 2.81. The van der Waals surface area contributed by atoms with Crippen LogP contribution in [0, 0.1) is 0 Å². The molecule has 1 fully saturated rings. The first-order chi connectivity index (χ1) is 11.8. The number of nitrogens with zero attached hydrogens (tertiary/aromatic N) is 1. The first-order valence-corrected chi connectivity index (χ1v) is 8.15. The molecule has 10 nitrogen and oxygen atoms in total. The highest BCUT2D eigenvalue weighted by atomic mass is 32.2. The normalized spacial score (nSPS) is 26.1. The summed E-state index contributed by atoms with van der Waals surface area (Å²) in [4.78, 5) is 11.1. The Morgan fingerprint density at radius 3 is 2.27 bits per heavy atom. The molecule has 1 aliphatic rings. The van der Waals surface area contributed by atoms with Crippen molar-refractivity contribution in [3.63, 3.8) is 0 Å². The molecular weight excluding hydrogens is 389 g/mol. The van der Waals surface area contributed by atoms with Gasteiger partial charge < -0.3 is 30.3 Å². The second-order valence-corrected chi connectivity index (χ2v) is 6.40. The second kappa shape index (κ2) is 8.24. The number of carbonyl (C=O) groups is 1. The summed E-state index contributed by atoms with van der Waals surface area (Å²) in [6.07, 6.45) is -1.08. The van der Waals surface area contributed by atoms with Crippen molar-refractivity contribution < 1.29 is 55.6 Å². The molecule has 14 heteroatoms. The van der Waals surface area contributed by atoms with Gasteiger partial charge in [0.2, 0.25) is 0 Å². The zero-order valence-electron chi connectivity index (χ0n) is 12.8. The summed E-state index contributed by atoms with van der Waals surface area (Å²) in [7, 11) is -6.09. The minimum Gasteiger partial charge on any atom is -0.741 e. The Morgan fingerprint density at radius 1 is 1.35 bits per heavy atom. The molecule has 1 aromatic heterocycles. The van der Waals surface area contributed by atoms with Crippen LogP contribution in [-0.4, -0.2) is 64.6 Å². The zero-order chi connectivity index (χ0) is 20.3. The molecule has 0 bridgehead atoms. The van der Waals surface area contributed by atoms with Gasteiger partial charge in [-0.3, -0.25) is 4.79 Å². The lowest BCUT2D eigenvalue weighted by atomic mass is 10.1. The van der Waals surface area contributed by atoms with Crippen molar-refractivity contribution in [1.29, 1.82) is 0 Å². The smallest absolute Gasteiger partial charge is 0.485 e. The van der Waals surface area contributed by atoms with E-state index >= 15 is 0 Å². The lowest BCUT2D eigenvalue weighted by Crippen LogP contribution is -2.46. The van der Waals surface area contributed by atoms with Crippen molar-refractivity contribution in [2.75, 3.05) is 6.61 Å². The molecule has 0 saturated carbocycles. The predicted molar refractivity (Wildman–Crippen MR) is 73.9 cm³/mol. The van der Waals surface area contributed by atoms with Gasteiger partial charge in [0, 0.05) is 6.07 Å². The Morgan fingerprint density at radius 2 is 1.88 bits per heavy atom. The van der Waals surface area contributed by atoms with E-state index in [-0.39, 0.29) is 5.56 Å². The van der Waals surface area contributed by atoms with Crippen molar-refractivity contribution in [3.05, 3.63) is 30.1 Å². The van der Waals surface area contributed by atoms with Gasteiger partial charge in [-0.2, -0.15) is 17.7 Å². The van der Waals surface area contributed by atoms with Crippen molar-refractivity contribution >= 4 is 16.0 Å². The molecular formula is C12H15F3N2O8S. The number of pyridine rings is 1. The minimum atomic E-state index is -6.09. The number of halogens is 3. The molecule has 2 heterocycles. The highest BCUT2D eigenvalue weighted by Crippen LogP contribution is 2.25. The molecule has 1 saturated heterocycles. The molecule has 2 rings (SSSR count). The van der Waals surface area contributed by atoms with Gasteiger partial charge in [-0.25, -0.2) is 8.42 Å². The highest BCUT2D eigenvalue weighted by Gasteiger charge is 2.47. The van der Waals surface area contributed by atoms with E-state index in [1.807, 2.05) is 0 Å². The van der Waals surface area contributed by atoms with Crippen LogP contribution in [0.4, 0.5) is 13.2 Å². The van der Waals surface area contributed by atoms with E-state index in [9.17, 15) is 28.2 Å². The zero-order valence-corrected chi connectivity index (χ0v) is 13.6. The third kappa shape index (κ3) is 5.33. The number of alkyl halides is 3. The average molecular weight is 404 g/mol. The number of hydrogen-bond acceptors (Lipinski definition) is 8. The van der Waals surface area contributed by atoms with Gasteiger partial charge in [0.05, 0.1) is 6.61 Å². The third-order valence-corrected chi connectivity index (χ3v) is 3.77. The summed E-state index contributed by atoms with van der Waals surface area (Å²) in [5, 5.41) is 28.4. The molecule has 5 N–H and O–H groups in total. The largest absolute Gasteiger partial charge is 0.741 e. The van der Waals surface area contributed by atoms with Gasteiger partial charge in [-0.15, -0.1) is 0 Å². The summed E-state index contributed by atoms with van der Waals surface area (Å²) >= 11 is 0. The number of primary amides is 1. The van der Waals surface area contributed by atoms with Crippen molar-refractivity contribution in [2.24, 2.45) is 5.73 Å². The molecule has 0 radical (unpaired) electrons. The van der Waals surface area contributed by atoms with E-state index < -0.39 is 52.7 Å². The lowest BCUT2D eigenvalue weighted by Gasteiger charge is -2.09. The van der Waals surface area contributed by atoms with Crippen LogP contribution < -0.4 is 10.3 Å². The van der Waals surface area contributed by atoms with Gasteiger partial charge in [0.1, 0.15) is 17.8 Å². The summed E-state index contributed by atoms with van der Waals surface area (Å²) in [5.74, 6) is -0.601. The van der Waals surface area contributed by atoms with Crippen LogP contribution in [0.25, 0.3) is 0 Å². The maximum Gasteiger partial charge on any atom is 0.485 e. The summed E-state index contributed by atoms with van der Waals surface area (Å²) in [6.45, 7) is -0.398. The number of ether oxygens (including phenoxy) is 1. The van der Waals surface area contributed by atoms with Crippen LogP contribution in [0.1, 0.15) is 16.6 Å². The number of aromatic nitrogens is 1. The number of aliphatic hydroxyl groups excluding tert-OH is 3. The molecule has 4 unspecified atom stereocenters. The Bertz CT molecular complexity index is 742. The number of hydrogen-bond donors (Lipinski definition) is 4. The number of rotatable bonds is 3. The molecule has 0 spiro atoms. The van der Waals surface area contributed by atoms with Crippen LogP contribution in [0.2, 0.25) is 0 Å². The first kappa shape index (κ1) is 22.2. The summed E-state index contributed by atoms with van der Waals surface area (Å²) in [5.41, 5.74) is -0.235. The number of nitrogens with two attached hydrogens (primary N) is 1. The minimum absolute atomic E-state index is 0.259. The standard InChI is InChI=1S/C11H14N2O5.CHF3O3S/c12-10(17)6-2-1-3-13(4-6)11-9(16)8(15)7(5-14)18-11;2-1(3,4)8(5,6)7/h1-4,7-9,11,14-16H,5H2,(H-,12,17);(H,5,6,7). The van der Waals surface area contributed by atoms with Gasteiger partial charge in [-0.1, -0.05) is 0 Å². The highest BCUT2D eigenvalue weighted by molar-refractivity contribution is 7.86. The fraction of sp³-hybridized carbons (Fsp3) is 0.500. The van der Waals surface area contributed by atoms with Crippen molar-refractivity contribution in [2.45, 2.75) is 30.0 Å². The van der Waals surface area contributed by atoms with E-state index in [1.165, 1.54) is 16.8 Å². The van der Waals surface area contributed by atoms with Gasteiger partial charge in [-0.05, 0) is 6.07 Å². The fourth-order valence-electron chi connectivity index (χ4n) is 1.92. The molecule has 26 heavy (non-hydrogen) atoms. The maximum absolute atomic E-state index is 11.1. The predicted octanol–water partition coefficient (Wildman–Crippen LogP) is -2.26. The molecule has 0 aromatic carbocycles. The molecule has 148 valence electrons. The third-order valence-electron chi connectivity index (χ3n) is 3.20. The van der Waals surface area contributed by atoms with Gasteiger partial charge in [0.15, 0.2) is 28.6 Å². The topological polar surface area (TPSA) is 174 Å². The van der Waals surface area contributed by atoms with Gasteiger partial charge >= 0.3 is 5.51 Å². The number of aliphatic hydroxyl groups is 3. The van der Waals surface area contributed by atoms with Crippen LogP contribution >= 0.6 is 0 Å². The number of amides is 1. The Hall–Kier alpha value is -1.84. The van der Waals surface area contributed by atoms with Crippen molar-refractivity contribution in [3.8, 4) is 0 Å². The quantitative estimate of drug-likeness (QED) is 0.248. The maximum atomic E-state index is 11.1. The van der Waals surface area contributed by atoms with Crippen LogP contribution in [0.3, 0.4) is 0 Å². The fourth-order valence-corrected chi connectivity index (χ4v) is 1.92. The molecule has 1 amide bonds. The van der Waals surface area contributed by atoms with Crippen LogP contribution in [0.15, 0.2) is 24.5 Å². The van der Waals surface area contributed by atoms with E-state index in [4.69, 9.17) is 28.5 Å². The van der Waals surface area contributed by atoms with Crippen LogP contribution in [0.5, 0.6) is 0 Å². The van der Waals surface area contributed by atoms with E-state index in [0.29, 0.717) is 0 Å². The SMILES string of the molecule is NC(=O)c1ccc[n+](C2OC(CO)C(O)C2O)c1.O=S(=O)([O-])C(F)(F)F. The monoisotopic (exact) mass is 404 g/mol. The first-order valence-electron chi connectivity index (χ1n) is 6.74.